The van der Waals surface area contributed by atoms with Crippen molar-refractivity contribution >= 4 is 61.0 Å². The molecule has 0 unspecified atom stereocenters. The Morgan fingerprint density at radius 2 is 1.89 bits per heavy atom. The summed E-state index contributed by atoms with van der Waals surface area (Å²) in [5.74, 6) is 0.464. The number of benzene rings is 3. The Morgan fingerprint density at radius 3 is 2.69 bits per heavy atom. The van der Waals surface area contributed by atoms with Crippen LogP contribution in [-0.2, 0) is 16.9 Å². The third kappa shape index (κ3) is 2.29. The van der Waals surface area contributed by atoms with Crippen molar-refractivity contribution < 1.29 is 9.53 Å². The standard InChI is InChI=1S/C30H28ClN3O2/c1-14-5-7-17-22(11-14)33-24-13-20(32-4)15(2)30(3,36-24)34-21-9-6-16(31)12-19(21)25-18-8-10-23(35)26(18)27(17)28(33)29(25)34/h5-7,9,11-12,15,20,24,32H,8,10,13H2,1-4H3/t15-,20-,24-,30+/m1/s1. The van der Waals surface area contributed by atoms with Gasteiger partial charge in [-0.15, -0.1) is 0 Å². The number of carbonyl (C=O) groups excluding carboxylic acids is 1. The molecule has 4 atom stereocenters. The Hall–Kier alpha value is -2.86. The van der Waals surface area contributed by atoms with Gasteiger partial charge in [-0.1, -0.05) is 30.7 Å². The van der Waals surface area contributed by atoms with Crippen LogP contribution >= 0.6 is 11.6 Å². The highest BCUT2D eigenvalue weighted by Crippen LogP contribution is 2.55. The molecule has 182 valence electrons. The van der Waals surface area contributed by atoms with Gasteiger partial charge in [-0.2, -0.15) is 0 Å². The van der Waals surface area contributed by atoms with Crippen molar-refractivity contribution in [3.05, 3.63) is 58.1 Å². The molecule has 1 saturated heterocycles. The Bertz CT molecular complexity index is 1830. The van der Waals surface area contributed by atoms with Gasteiger partial charge in [0.2, 0.25) is 0 Å². The van der Waals surface area contributed by atoms with E-state index < -0.39 is 5.72 Å². The second-order valence-corrected chi connectivity index (χ2v) is 11.6. The number of ketones is 1. The third-order valence-electron chi connectivity index (χ3n) is 9.43. The van der Waals surface area contributed by atoms with E-state index in [-0.39, 0.29) is 24.0 Å². The lowest BCUT2D eigenvalue weighted by Crippen LogP contribution is -2.54. The normalized spacial score (nSPS) is 27.1. The molecule has 3 aliphatic rings. The number of hydrogen-bond donors (Lipinski definition) is 1. The monoisotopic (exact) mass is 497 g/mol. The number of halogens is 1. The molecule has 8 rings (SSSR count). The van der Waals surface area contributed by atoms with Crippen molar-refractivity contribution in [1.29, 1.82) is 0 Å². The molecule has 0 radical (unpaired) electrons. The van der Waals surface area contributed by atoms with Gasteiger partial charge in [0.25, 0.3) is 0 Å². The van der Waals surface area contributed by atoms with Crippen molar-refractivity contribution in [1.82, 2.24) is 14.5 Å². The number of nitrogens with zero attached hydrogens (tertiary/aromatic N) is 2. The fourth-order valence-corrected chi connectivity index (χ4v) is 7.84. The van der Waals surface area contributed by atoms with Gasteiger partial charge in [0.05, 0.1) is 22.1 Å². The minimum absolute atomic E-state index is 0.148. The molecule has 0 spiro atoms. The molecule has 1 aliphatic carbocycles. The first kappa shape index (κ1) is 21.2. The first-order valence-electron chi connectivity index (χ1n) is 12.9. The van der Waals surface area contributed by atoms with Crippen LogP contribution in [-0.4, -0.2) is 28.0 Å². The zero-order valence-corrected chi connectivity index (χ0v) is 21.7. The average molecular weight is 498 g/mol. The van der Waals surface area contributed by atoms with Gasteiger partial charge >= 0.3 is 0 Å². The van der Waals surface area contributed by atoms with E-state index in [1.54, 1.807) is 0 Å². The van der Waals surface area contributed by atoms with Gasteiger partial charge in [-0.25, -0.2) is 0 Å². The molecular weight excluding hydrogens is 470 g/mol. The molecule has 5 aromatic rings. The van der Waals surface area contributed by atoms with E-state index in [1.807, 2.05) is 6.07 Å². The number of fused-ring (bicyclic) bond motifs is 13. The summed E-state index contributed by atoms with van der Waals surface area (Å²) in [4.78, 5) is 13.5. The Labute approximate surface area is 213 Å². The lowest BCUT2D eigenvalue weighted by atomic mass is 9.85. The summed E-state index contributed by atoms with van der Waals surface area (Å²) in [6.45, 7) is 6.67. The Morgan fingerprint density at radius 1 is 1.06 bits per heavy atom. The fourth-order valence-electron chi connectivity index (χ4n) is 7.66. The molecule has 36 heavy (non-hydrogen) atoms. The zero-order chi connectivity index (χ0) is 24.7. The van der Waals surface area contributed by atoms with Crippen LogP contribution in [0.25, 0.3) is 43.6 Å². The molecule has 5 nitrogen and oxygen atoms in total. The van der Waals surface area contributed by atoms with E-state index in [0.29, 0.717) is 11.4 Å². The van der Waals surface area contributed by atoms with Gasteiger partial charge in [0, 0.05) is 56.9 Å². The maximum atomic E-state index is 13.5. The topological polar surface area (TPSA) is 48.2 Å². The average Bonchev–Trinajstić information content (AvgIpc) is 3.48. The van der Waals surface area contributed by atoms with Crippen LogP contribution in [0.5, 0.6) is 0 Å². The number of hydrogen-bond acceptors (Lipinski definition) is 3. The molecule has 2 bridgehead atoms. The van der Waals surface area contributed by atoms with Crippen molar-refractivity contribution in [3.63, 3.8) is 0 Å². The largest absolute Gasteiger partial charge is 0.332 e. The van der Waals surface area contributed by atoms with Crippen molar-refractivity contribution in [2.75, 3.05) is 7.05 Å². The highest BCUT2D eigenvalue weighted by atomic mass is 35.5. The number of carbonyl (C=O) groups is 1. The van der Waals surface area contributed by atoms with E-state index in [1.165, 1.54) is 22.0 Å². The molecule has 2 aliphatic heterocycles. The second-order valence-electron chi connectivity index (χ2n) is 11.2. The zero-order valence-electron chi connectivity index (χ0n) is 20.9. The molecule has 0 amide bonds. The molecule has 2 aromatic heterocycles. The van der Waals surface area contributed by atoms with Gasteiger partial charge in [-0.3, -0.25) is 4.79 Å². The maximum Gasteiger partial charge on any atom is 0.164 e. The van der Waals surface area contributed by atoms with E-state index >= 15 is 0 Å². The van der Waals surface area contributed by atoms with E-state index in [2.05, 4.69) is 72.6 Å². The minimum Gasteiger partial charge on any atom is -0.332 e. The Balaban J connectivity index is 1.74. The van der Waals surface area contributed by atoms with Gasteiger partial charge < -0.3 is 19.2 Å². The molecule has 1 fully saturated rings. The predicted octanol–water partition coefficient (Wildman–Crippen LogP) is 6.82. The van der Waals surface area contributed by atoms with Gasteiger partial charge in [-0.05, 0) is 62.7 Å². The highest BCUT2D eigenvalue weighted by molar-refractivity contribution is 6.34. The predicted molar refractivity (Wildman–Crippen MR) is 145 cm³/mol. The fraction of sp³-hybridized carbons (Fsp3) is 0.367. The number of nitrogens with one attached hydrogen (secondary N) is 1. The van der Waals surface area contributed by atoms with Crippen LogP contribution < -0.4 is 5.32 Å². The maximum absolute atomic E-state index is 13.5. The van der Waals surface area contributed by atoms with Crippen molar-refractivity contribution in [2.45, 2.75) is 58.0 Å². The van der Waals surface area contributed by atoms with Crippen LogP contribution in [0.4, 0.5) is 0 Å². The van der Waals surface area contributed by atoms with E-state index in [4.69, 9.17) is 16.3 Å². The summed E-state index contributed by atoms with van der Waals surface area (Å²) in [7, 11) is 2.05. The molecule has 1 N–H and O–H groups in total. The number of aromatic nitrogens is 2. The summed E-state index contributed by atoms with van der Waals surface area (Å²) in [6, 6.07) is 13.1. The quantitative estimate of drug-likeness (QED) is 0.276. The molecule has 4 heterocycles. The third-order valence-corrected chi connectivity index (χ3v) is 9.66. The van der Waals surface area contributed by atoms with Crippen LogP contribution in [0, 0.1) is 12.8 Å². The number of aryl methyl sites for hydroxylation is 2. The summed E-state index contributed by atoms with van der Waals surface area (Å²) in [5, 5.41) is 8.83. The second kappa shape index (κ2) is 6.71. The summed E-state index contributed by atoms with van der Waals surface area (Å²) in [5.41, 5.74) is 7.27. The van der Waals surface area contributed by atoms with Crippen LogP contribution in [0.2, 0.25) is 5.02 Å². The van der Waals surface area contributed by atoms with Gasteiger partial charge in [0.1, 0.15) is 12.0 Å². The van der Waals surface area contributed by atoms with Crippen molar-refractivity contribution in [3.8, 4) is 0 Å². The molecule has 0 saturated carbocycles. The number of Topliss-reactive ketones (excluding diaryl/α,β-unsaturated/α-hetero) is 1. The lowest BCUT2D eigenvalue weighted by Gasteiger charge is -2.48. The summed E-state index contributed by atoms with van der Waals surface area (Å²) < 4.78 is 12.0. The molecule has 3 aromatic carbocycles. The number of rotatable bonds is 1. The smallest absolute Gasteiger partial charge is 0.164 e. The Kier molecular flexibility index (Phi) is 3.96. The SMILES string of the molecule is CN[C@@H]1C[C@H]2O[C@@](C)([C@@H]1C)n1c3ccc(Cl)cc3c3c4c(c5c6ccc(C)cc6n2c5c31)C(=O)CC4. The summed E-state index contributed by atoms with van der Waals surface area (Å²) >= 11 is 6.59. The first-order valence-corrected chi connectivity index (χ1v) is 13.3. The van der Waals surface area contributed by atoms with Crippen LogP contribution in [0.1, 0.15) is 54.4 Å². The highest BCUT2D eigenvalue weighted by Gasteiger charge is 2.50. The lowest BCUT2D eigenvalue weighted by molar-refractivity contribution is -0.224. The minimum atomic E-state index is -0.580. The van der Waals surface area contributed by atoms with Gasteiger partial charge in [0.15, 0.2) is 5.78 Å². The van der Waals surface area contributed by atoms with Crippen molar-refractivity contribution in [2.24, 2.45) is 5.92 Å². The van der Waals surface area contributed by atoms with E-state index in [0.717, 1.165) is 51.1 Å². The van der Waals surface area contributed by atoms with E-state index in [9.17, 15) is 4.79 Å². The number of ether oxygens (including phenoxy) is 1. The molecular formula is C30H28ClN3O2. The van der Waals surface area contributed by atoms with Crippen LogP contribution in [0.3, 0.4) is 0 Å². The first-order chi connectivity index (χ1) is 17.3. The summed E-state index contributed by atoms with van der Waals surface area (Å²) in [6.07, 6.45) is 2.04. The molecule has 6 heteroatoms. The van der Waals surface area contributed by atoms with Crippen LogP contribution in [0.15, 0.2) is 36.4 Å².